The highest BCUT2D eigenvalue weighted by Crippen LogP contribution is 2.38. The Kier molecular flexibility index (Phi) is 5.63. The number of ether oxygens (including phenoxy) is 2. The number of nitrogens with one attached hydrogen (secondary N) is 1. The summed E-state index contributed by atoms with van der Waals surface area (Å²) in [6, 6.07) is 11.0. The van der Waals surface area contributed by atoms with Crippen LogP contribution in [-0.2, 0) is 16.2 Å². The van der Waals surface area contributed by atoms with E-state index in [1.807, 2.05) is 37.3 Å². The van der Waals surface area contributed by atoms with Crippen LogP contribution < -0.4 is 14.8 Å². The first-order chi connectivity index (χ1) is 12.5. The Morgan fingerprint density at radius 1 is 1.19 bits per heavy atom. The highest BCUT2D eigenvalue weighted by atomic mass is 35.5. The Morgan fingerprint density at radius 3 is 2.65 bits per heavy atom. The smallest absolute Gasteiger partial charge is 0.221 e. The fourth-order valence-electron chi connectivity index (χ4n) is 2.50. The molecule has 1 amide bonds. The maximum atomic E-state index is 11.0. The Labute approximate surface area is 156 Å². The van der Waals surface area contributed by atoms with E-state index in [2.05, 4.69) is 10.5 Å². The third-order valence-corrected chi connectivity index (χ3v) is 3.99. The average molecular weight is 375 g/mol. The number of anilines is 1. The van der Waals surface area contributed by atoms with Crippen LogP contribution in [0.25, 0.3) is 0 Å². The largest absolute Gasteiger partial charge is 0.486 e. The van der Waals surface area contributed by atoms with E-state index in [4.69, 9.17) is 25.9 Å². The zero-order valence-corrected chi connectivity index (χ0v) is 15.3. The van der Waals surface area contributed by atoms with E-state index in [1.54, 1.807) is 6.07 Å². The Bertz CT molecular complexity index is 834. The van der Waals surface area contributed by atoms with E-state index < -0.39 is 0 Å². The van der Waals surface area contributed by atoms with Gasteiger partial charge in [-0.2, -0.15) is 0 Å². The molecule has 0 unspecified atom stereocenters. The van der Waals surface area contributed by atoms with Crippen molar-refractivity contribution in [2.45, 2.75) is 20.5 Å². The number of benzene rings is 2. The van der Waals surface area contributed by atoms with Gasteiger partial charge in [0, 0.05) is 12.6 Å². The van der Waals surface area contributed by atoms with Gasteiger partial charge in [-0.05, 0) is 42.3 Å². The summed E-state index contributed by atoms with van der Waals surface area (Å²) in [6.07, 6.45) is 0. The lowest BCUT2D eigenvalue weighted by atomic mass is 10.1. The molecule has 0 aliphatic carbocycles. The topological polar surface area (TPSA) is 69.2 Å². The number of hydrogen-bond donors (Lipinski definition) is 1. The van der Waals surface area contributed by atoms with Gasteiger partial charge in [-0.15, -0.1) is 0 Å². The van der Waals surface area contributed by atoms with Crippen LogP contribution in [0.4, 0.5) is 5.69 Å². The van der Waals surface area contributed by atoms with Gasteiger partial charge in [0.1, 0.15) is 19.8 Å². The van der Waals surface area contributed by atoms with Gasteiger partial charge in [0.05, 0.1) is 10.7 Å². The monoisotopic (exact) mass is 374 g/mol. The molecule has 136 valence electrons. The molecule has 1 heterocycles. The number of rotatable bonds is 5. The van der Waals surface area contributed by atoms with Crippen LogP contribution in [0.3, 0.4) is 0 Å². The van der Waals surface area contributed by atoms with Crippen molar-refractivity contribution in [3.63, 3.8) is 0 Å². The van der Waals surface area contributed by atoms with Gasteiger partial charge in [-0.3, -0.25) is 4.79 Å². The fourth-order valence-corrected chi connectivity index (χ4v) is 2.79. The van der Waals surface area contributed by atoms with Crippen LogP contribution in [0.5, 0.6) is 11.5 Å². The number of halogens is 1. The van der Waals surface area contributed by atoms with Crippen LogP contribution in [0, 0.1) is 0 Å². The molecule has 0 aromatic heterocycles. The predicted molar refractivity (Wildman–Crippen MR) is 100 cm³/mol. The van der Waals surface area contributed by atoms with Gasteiger partial charge < -0.3 is 19.6 Å². The lowest BCUT2D eigenvalue weighted by Gasteiger charge is -2.20. The molecule has 3 rings (SSSR count). The second-order valence-corrected chi connectivity index (χ2v) is 6.22. The van der Waals surface area contributed by atoms with Gasteiger partial charge in [0.15, 0.2) is 11.5 Å². The summed E-state index contributed by atoms with van der Waals surface area (Å²) in [5.74, 6) is 1.08. The molecular formula is C19H19ClN2O4. The van der Waals surface area contributed by atoms with Gasteiger partial charge in [0.25, 0.3) is 0 Å². The van der Waals surface area contributed by atoms with E-state index >= 15 is 0 Å². The van der Waals surface area contributed by atoms with E-state index in [-0.39, 0.29) is 12.5 Å². The lowest BCUT2D eigenvalue weighted by Crippen LogP contribution is -2.15. The van der Waals surface area contributed by atoms with Gasteiger partial charge in [-0.1, -0.05) is 28.9 Å². The molecule has 7 heteroatoms. The first kappa shape index (κ1) is 18.1. The van der Waals surface area contributed by atoms with Gasteiger partial charge in [0.2, 0.25) is 5.91 Å². The van der Waals surface area contributed by atoms with E-state index in [9.17, 15) is 4.79 Å². The third kappa shape index (κ3) is 4.46. The minimum absolute atomic E-state index is 0.107. The number of oxime groups is 1. The predicted octanol–water partition coefficient (Wildman–Crippen LogP) is 4.01. The van der Waals surface area contributed by atoms with Crippen molar-refractivity contribution in [3.8, 4) is 11.5 Å². The fraction of sp³-hybridized carbons (Fsp3) is 0.263. The maximum absolute atomic E-state index is 11.0. The summed E-state index contributed by atoms with van der Waals surface area (Å²) in [4.78, 5) is 16.5. The molecule has 0 radical (unpaired) electrons. The summed E-state index contributed by atoms with van der Waals surface area (Å²) >= 11 is 6.21. The van der Waals surface area contributed by atoms with Gasteiger partial charge >= 0.3 is 0 Å². The van der Waals surface area contributed by atoms with Crippen molar-refractivity contribution in [2.24, 2.45) is 5.16 Å². The number of carbonyl (C=O) groups is 1. The minimum atomic E-state index is -0.107. The summed E-state index contributed by atoms with van der Waals surface area (Å²) in [5, 5.41) is 7.35. The number of fused-ring (bicyclic) bond motifs is 1. The second kappa shape index (κ2) is 8.10. The highest BCUT2D eigenvalue weighted by molar-refractivity contribution is 6.32. The molecular weight excluding hydrogens is 356 g/mol. The second-order valence-electron chi connectivity index (χ2n) is 5.81. The van der Waals surface area contributed by atoms with Crippen molar-refractivity contribution in [1.29, 1.82) is 0 Å². The summed E-state index contributed by atoms with van der Waals surface area (Å²) in [5.41, 5.74) is 3.21. The number of nitrogens with zero attached hydrogens (tertiary/aromatic N) is 1. The third-order valence-electron chi connectivity index (χ3n) is 3.71. The molecule has 0 bridgehead atoms. The van der Waals surface area contributed by atoms with Crippen LogP contribution in [0.1, 0.15) is 25.0 Å². The molecule has 1 N–H and O–H groups in total. The Morgan fingerprint density at radius 2 is 1.92 bits per heavy atom. The van der Waals surface area contributed by atoms with Crippen molar-refractivity contribution >= 4 is 28.9 Å². The number of amides is 1. The lowest BCUT2D eigenvalue weighted by molar-refractivity contribution is -0.114. The quantitative estimate of drug-likeness (QED) is 0.634. The molecule has 2 aromatic rings. The SMILES string of the molecule is CC(=O)Nc1ccc(C(C)=NOCc2cc(Cl)c3c(c2)OCCO3)cc1. The molecule has 2 aromatic carbocycles. The summed E-state index contributed by atoms with van der Waals surface area (Å²) < 4.78 is 11.0. The number of carbonyl (C=O) groups excluding carboxylic acids is 1. The molecule has 0 atom stereocenters. The first-order valence-electron chi connectivity index (χ1n) is 8.15. The van der Waals surface area contributed by atoms with Crippen molar-refractivity contribution < 1.29 is 19.1 Å². The summed E-state index contributed by atoms with van der Waals surface area (Å²) in [7, 11) is 0. The zero-order valence-electron chi connectivity index (χ0n) is 14.5. The standard InChI is InChI=1S/C19H19ClN2O4/c1-12(15-3-5-16(6-4-15)21-13(2)23)22-26-11-14-9-17(20)19-18(10-14)24-7-8-25-19/h3-6,9-10H,7-8,11H2,1-2H3,(H,21,23). The Hall–Kier alpha value is -2.73. The molecule has 26 heavy (non-hydrogen) atoms. The first-order valence-corrected chi connectivity index (χ1v) is 8.53. The van der Waals surface area contributed by atoms with E-state index in [1.165, 1.54) is 6.92 Å². The molecule has 6 nitrogen and oxygen atoms in total. The molecule has 1 aliphatic rings. The van der Waals surface area contributed by atoms with E-state index in [0.29, 0.717) is 29.7 Å². The number of hydrogen-bond acceptors (Lipinski definition) is 5. The normalized spacial score (nSPS) is 13.3. The van der Waals surface area contributed by atoms with Crippen LogP contribution in [-0.4, -0.2) is 24.8 Å². The maximum Gasteiger partial charge on any atom is 0.221 e. The van der Waals surface area contributed by atoms with Gasteiger partial charge in [-0.25, -0.2) is 0 Å². The summed E-state index contributed by atoms with van der Waals surface area (Å²) in [6.45, 7) is 4.58. The van der Waals surface area contributed by atoms with Crippen LogP contribution in [0.15, 0.2) is 41.6 Å². The molecule has 0 saturated heterocycles. The van der Waals surface area contributed by atoms with Crippen molar-refractivity contribution in [2.75, 3.05) is 18.5 Å². The molecule has 0 saturated carbocycles. The highest BCUT2D eigenvalue weighted by Gasteiger charge is 2.16. The molecule has 1 aliphatic heterocycles. The van der Waals surface area contributed by atoms with E-state index in [0.717, 1.165) is 22.5 Å². The van der Waals surface area contributed by atoms with Crippen molar-refractivity contribution in [3.05, 3.63) is 52.5 Å². The van der Waals surface area contributed by atoms with Crippen molar-refractivity contribution in [1.82, 2.24) is 0 Å². The Balaban J connectivity index is 1.63. The van der Waals surface area contributed by atoms with Crippen LogP contribution in [0.2, 0.25) is 5.02 Å². The molecule has 0 fully saturated rings. The zero-order chi connectivity index (χ0) is 18.5. The van der Waals surface area contributed by atoms with Crippen LogP contribution >= 0.6 is 11.6 Å². The average Bonchev–Trinajstić information content (AvgIpc) is 2.62. The minimum Gasteiger partial charge on any atom is -0.486 e. The molecule has 0 spiro atoms.